The second-order valence-corrected chi connectivity index (χ2v) is 6.33. The lowest BCUT2D eigenvalue weighted by Gasteiger charge is -2.17. The second kappa shape index (κ2) is 7.70. The van der Waals surface area contributed by atoms with Gasteiger partial charge in [0, 0.05) is 17.1 Å². The van der Waals surface area contributed by atoms with Gasteiger partial charge in [0.15, 0.2) is 0 Å². The minimum atomic E-state index is -0.640. The van der Waals surface area contributed by atoms with E-state index in [1.54, 1.807) is 24.3 Å². The molecule has 1 unspecified atom stereocenters. The van der Waals surface area contributed by atoms with Crippen LogP contribution in [0.1, 0.15) is 32.7 Å². The SMILES string of the molecule is CCCNC(=O)C(CC)n1cnc2onc(-c3ccc(Cl)cc3)c2c1=O. The van der Waals surface area contributed by atoms with Crippen molar-refractivity contribution in [3.8, 4) is 11.3 Å². The van der Waals surface area contributed by atoms with E-state index in [1.165, 1.54) is 10.9 Å². The lowest BCUT2D eigenvalue weighted by atomic mass is 10.1. The number of amides is 1. The number of halogens is 1. The van der Waals surface area contributed by atoms with Crippen molar-refractivity contribution < 1.29 is 9.32 Å². The van der Waals surface area contributed by atoms with E-state index >= 15 is 0 Å². The number of carbonyl (C=O) groups excluding carboxylic acids is 1. The van der Waals surface area contributed by atoms with E-state index in [2.05, 4.69) is 15.5 Å². The Hall–Kier alpha value is -2.67. The summed E-state index contributed by atoms with van der Waals surface area (Å²) in [5, 5.41) is 7.63. The first-order valence-electron chi connectivity index (χ1n) is 8.47. The minimum absolute atomic E-state index is 0.139. The highest BCUT2D eigenvalue weighted by Crippen LogP contribution is 2.26. The van der Waals surface area contributed by atoms with Crippen LogP contribution in [0.5, 0.6) is 0 Å². The lowest BCUT2D eigenvalue weighted by molar-refractivity contribution is -0.124. The molecule has 136 valence electrons. The average Bonchev–Trinajstić information content (AvgIpc) is 3.08. The molecule has 2 aromatic heterocycles. The van der Waals surface area contributed by atoms with Crippen LogP contribution in [-0.4, -0.2) is 27.2 Å². The Balaban J connectivity index is 2.10. The van der Waals surface area contributed by atoms with Crippen molar-refractivity contribution >= 4 is 28.6 Å². The summed E-state index contributed by atoms with van der Waals surface area (Å²) in [6.07, 6.45) is 2.62. The van der Waals surface area contributed by atoms with E-state index in [1.807, 2.05) is 13.8 Å². The number of hydrogen-bond acceptors (Lipinski definition) is 5. The number of nitrogens with one attached hydrogen (secondary N) is 1. The molecule has 0 spiro atoms. The van der Waals surface area contributed by atoms with Gasteiger partial charge in [-0.1, -0.05) is 42.7 Å². The number of benzene rings is 1. The normalized spacial score (nSPS) is 12.3. The highest BCUT2D eigenvalue weighted by Gasteiger charge is 2.23. The van der Waals surface area contributed by atoms with E-state index in [0.717, 1.165) is 6.42 Å². The Labute approximate surface area is 155 Å². The van der Waals surface area contributed by atoms with Crippen LogP contribution in [0.15, 0.2) is 39.9 Å². The summed E-state index contributed by atoms with van der Waals surface area (Å²) in [5.41, 5.74) is 0.848. The molecular formula is C18H19ClN4O3. The van der Waals surface area contributed by atoms with Gasteiger partial charge in [0.25, 0.3) is 11.3 Å². The van der Waals surface area contributed by atoms with Gasteiger partial charge < -0.3 is 9.84 Å². The largest absolute Gasteiger partial charge is 0.354 e. The maximum Gasteiger partial charge on any atom is 0.267 e. The molecule has 0 radical (unpaired) electrons. The third kappa shape index (κ3) is 3.35. The molecule has 0 aliphatic rings. The van der Waals surface area contributed by atoms with Crippen LogP contribution in [0.25, 0.3) is 22.4 Å². The molecule has 3 aromatic rings. The molecule has 0 saturated carbocycles. The number of fused-ring (bicyclic) bond motifs is 1. The van der Waals surface area contributed by atoms with E-state index in [9.17, 15) is 9.59 Å². The second-order valence-electron chi connectivity index (χ2n) is 5.89. The molecule has 1 aromatic carbocycles. The molecule has 1 amide bonds. The first-order valence-corrected chi connectivity index (χ1v) is 8.84. The van der Waals surface area contributed by atoms with Gasteiger partial charge in [0.2, 0.25) is 5.91 Å². The van der Waals surface area contributed by atoms with Crippen LogP contribution in [0.3, 0.4) is 0 Å². The van der Waals surface area contributed by atoms with Gasteiger partial charge in [0.1, 0.15) is 23.4 Å². The van der Waals surface area contributed by atoms with E-state index in [0.29, 0.717) is 29.2 Å². The third-order valence-corrected chi connectivity index (χ3v) is 4.37. The van der Waals surface area contributed by atoms with Gasteiger partial charge in [-0.15, -0.1) is 0 Å². The van der Waals surface area contributed by atoms with Gasteiger partial charge in [-0.3, -0.25) is 14.2 Å². The standard InChI is InChI=1S/C18H19ClN4O3/c1-3-9-20-16(24)13(4-2)23-10-21-17-14(18(23)25)15(22-26-17)11-5-7-12(19)8-6-11/h5-8,10,13H,3-4,9H2,1-2H3,(H,20,24). The maximum atomic E-state index is 13.0. The Morgan fingerprint density at radius 3 is 2.69 bits per heavy atom. The fourth-order valence-electron chi connectivity index (χ4n) is 2.76. The minimum Gasteiger partial charge on any atom is -0.354 e. The van der Waals surface area contributed by atoms with Gasteiger partial charge >= 0.3 is 0 Å². The predicted molar refractivity (Wildman–Crippen MR) is 99.1 cm³/mol. The third-order valence-electron chi connectivity index (χ3n) is 4.11. The van der Waals surface area contributed by atoms with Crippen LogP contribution in [-0.2, 0) is 4.79 Å². The monoisotopic (exact) mass is 374 g/mol. The summed E-state index contributed by atoms with van der Waals surface area (Å²) in [6.45, 7) is 4.38. The fraction of sp³-hybridized carbons (Fsp3) is 0.333. The van der Waals surface area contributed by atoms with E-state index in [-0.39, 0.29) is 22.6 Å². The molecule has 1 atom stereocenters. The summed E-state index contributed by atoms with van der Waals surface area (Å²) >= 11 is 5.92. The Bertz CT molecular complexity index is 978. The van der Waals surface area contributed by atoms with Crippen molar-refractivity contribution in [2.24, 2.45) is 0 Å². The van der Waals surface area contributed by atoms with Crippen LogP contribution in [0.4, 0.5) is 0 Å². The van der Waals surface area contributed by atoms with Crippen molar-refractivity contribution in [2.45, 2.75) is 32.7 Å². The van der Waals surface area contributed by atoms with Crippen molar-refractivity contribution in [3.63, 3.8) is 0 Å². The van der Waals surface area contributed by atoms with Crippen molar-refractivity contribution in [2.75, 3.05) is 6.54 Å². The quantitative estimate of drug-likeness (QED) is 0.715. The van der Waals surface area contributed by atoms with Gasteiger partial charge in [-0.2, -0.15) is 0 Å². The maximum absolute atomic E-state index is 13.0. The van der Waals surface area contributed by atoms with Crippen LogP contribution in [0, 0.1) is 0 Å². The Morgan fingerprint density at radius 2 is 2.04 bits per heavy atom. The predicted octanol–water partition coefficient (Wildman–Crippen LogP) is 3.18. The fourth-order valence-corrected chi connectivity index (χ4v) is 2.89. The number of carbonyl (C=O) groups is 1. The molecule has 1 N–H and O–H groups in total. The Kier molecular flexibility index (Phi) is 5.37. The summed E-state index contributed by atoms with van der Waals surface area (Å²) in [5.74, 6) is -0.206. The topological polar surface area (TPSA) is 90.0 Å². The zero-order chi connectivity index (χ0) is 18.7. The summed E-state index contributed by atoms with van der Waals surface area (Å²) in [4.78, 5) is 29.6. The number of hydrogen-bond donors (Lipinski definition) is 1. The first-order chi connectivity index (χ1) is 12.6. The first kappa shape index (κ1) is 18.1. The average molecular weight is 375 g/mol. The molecule has 0 aliphatic heterocycles. The van der Waals surface area contributed by atoms with E-state index < -0.39 is 6.04 Å². The lowest BCUT2D eigenvalue weighted by Crippen LogP contribution is -2.37. The molecule has 0 aliphatic carbocycles. The smallest absolute Gasteiger partial charge is 0.267 e. The Morgan fingerprint density at radius 1 is 1.31 bits per heavy atom. The summed E-state index contributed by atoms with van der Waals surface area (Å²) in [7, 11) is 0. The molecule has 3 rings (SSSR count). The molecule has 2 heterocycles. The van der Waals surface area contributed by atoms with Crippen molar-refractivity contribution in [1.82, 2.24) is 20.0 Å². The van der Waals surface area contributed by atoms with Gasteiger partial charge in [-0.25, -0.2) is 4.98 Å². The molecule has 0 bridgehead atoms. The van der Waals surface area contributed by atoms with Gasteiger partial charge in [-0.05, 0) is 25.0 Å². The summed E-state index contributed by atoms with van der Waals surface area (Å²) in [6, 6.07) is 6.28. The molecule has 0 saturated heterocycles. The molecule has 0 fully saturated rings. The van der Waals surface area contributed by atoms with Crippen LogP contribution >= 0.6 is 11.6 Å². The molecule has 7 nitrogen and oxygen atoms in total. The van der Waals surface area contributed by atoms with E-state index in [4.69, 9.17) is 16.1 Å². The highest BCUT2D eigenvalue weighted by molar-refractivity contribution is 6.30. The number of rotatable bonds is 6. The van der Waals surface area contributed by atoms with Gasteiger partial charge in [0.05, 0.1) is 0 Å². The zero-order valence-electron chi connectivity index (χ0n) is 14.5. The molecule has 8 heteroatoms. The van der Waals surface area contributed by atoms with Crippen molar-refractivity contribution in [1.29, 1.82) is 0 Å². The highest BCUT2D eigenvalue weighted by atomic mass is 35.5. The molecule has 26 heavy (non-hydrogen) atoms. The summed E-state index contributed by atoms with van der Waals surface area (Å²) < 4.78 is 6.54. The van der Waals surface area contributed by atoms with Crippen LogP contribution < -0.4 is 10.9 Å². The van der Waals surface area contributed by atoms with Crippen molar-refractivity contribution in [3.05, 3.63) is 46.0 Å². The number of nitrogens with zero attached hydrogens (tertiary/aromatic N) is 3. The molecular weight excluding hydrogens is 356 g/mol. The van der Waals surface area contributed by atoms with Crippen LogP contribution in [0.2, 0.25) is 5.02 Å². The number of aromatic nitrogens is 3. The zero-order valence-corrected chi connectivity index (χ0v) is 15.3.